The third-order valence-electron chi connectivity index (χ3n) is 2.43. The number of rotatable bonds is 5. The number of aliphatic hydroxyl groups excluding tert-OH is 1. The van der Waals surface area contributed by atoms with E-state index in [2.05, 4.69) is 19.1 Å². The molecule has 0 heterocycles. The predicted molar refractivity (Wildman–Crippen MR) is 68.2 cm³/mol. The molecule has 0 saturated heterocycles. The summed E-state index contributed by atoms with van der Waals surface area (Å²) in [4.78, 5) is 0. The largest absolute Gasteiger partial charge is 0.399 e. The van der Waals surface area contributed by atoms with E-state index in [0.29, 0.717) is 5.25 Å². The van der Waals surface area contributed by atoms with E-state index in [4.69, 9.17) is 5.73 Å². The summed E-state index contributed by atoms with van der Waals surface area (Å²) in [5.41, 5.74) is 7.71. The second kappa shape index (κ2) is 6.03. The van der Waals surface area contributed by atoms with Gasteiger partial charge in [-0.2, -0.15) is 11.8 Å². The molecule has 2 nitrogen and oxygen atoms in total. The Balaban J connectivity index is 2.29. The molecule has 0 aliphatic heterocycles. The quantitative estimate of drug-likeness (QED) is 0.756. The summed E-state index contributed by atoms with van der Waals surface area (Å²) in [5, 5.41) is 9.62. The van der Waals surface area contributed by atoms with Crippen molar-refractivity contribution in [3.8, 4) is 0 Å². The molecule has 0 aliphatic carbocycles. The van der Waals surface area contributed by atoms with E-state index in [1.807, 2.05) is 19.1 Å². The Morgan fingerprint density at radius 1 is 1.27 bits per heavy atom. The van der Waals surface area contributed by atoms with Crippen LogP contribution in [0.1, 0.15) is 19.4 Å². The van der Waals surface area contributed by atoms with E-state index in [0.717, 1.165) is 17.9 Å². The fourth-order valence-corrected chi connectivity index (χ4v) is 2.19. The van der Waals surface area contributed by atoms with Crippen molar-refractivity contribution in [3.63, 3.8) is 0 Å². The zero-order valence-electron chi connectivity index (χ0n) is 9.31. The Hall–Kier alpha value is -0.670. The molecule has 3 N–H and O–H groups in total. The summed E-state index contributed by atoms with van der Waals surface area (Å²) in [7, 11) is 0. The smallest absolute Gasteiger partial charge is 0.0627 e. The van der Waals surface area contributed by atoms with Crippen LogP contribution >= 0.6 is 11.8 Å². The molecule has 3 heteroatoms. The molecule has 0 saturated carbocycles. The minimum atomic E-state index is -0.235. The topological polar surface area (TPSA) is 46.2 Å². The number of hydrogen-bond acceptors (Lipinski definition) is 3. The summed E-state index contributed by atoms with van der Waals surface area (Å²) >= 11 is 1.80. The van der Waals surface area contributed by atoms with Gasteiger partial charge in [0.2, 0.25) is 0 Å². The van der Waals surface area contributed by atoms with Crippen LogP contribution in [0.2, 0.25) is 0 Å². The molecule has 0 aromatic heterocycles. The zero-order chi connectivity index (χ0) is 11.3. The Kier molecular flexibility index (Phi) is 4.99. The average molecular weight is 225 g/mol. The van der Waals surface area contributed by atoms with Gasteiger partial charge in [0, 0.05) is 10.9 Å². The number of hydrogen-bond donors (Lipinski definition) is 2. The third kappa shape index (κ3) is 4.58. The number of nitrogens with two attached hydrogens (primary N) is 1. The number of aliphatic hydroxyl groups is 1. The summed E-state index contributed by atoms with van der Waals surface area (Å²) < 4.78 is 0. The van der Waals surface area contributed by atoms with Crippen molar-refractivity contribution >= 4 is 17.4 Å². The van der Waals surface area contributed by atoms with Crippen molar-refractivity contribution in [3.05, 3.63) is 29.8 Å². The van der Waals surface area contributed by atoms with Crippen molar-refractivity contribution in [2.75, 3.05) is 11.5 Å². The first-order valence-corrected chi connectivity index (χ1v) is 6.28. The molecule has 0 fully saturated rings. The van der Waals surface area contributed by atoms with Crippen LogP contribution in [-0.2, 0) is 6.42 Å². The van der Waals surface area contributed by atoms with Crippen LogP contribution in [0.4, 0.5) is 5.69 Å². The van der Waals surface area contributed by atoms with Crippen LogP contribution in [-0.4, -0.2) is 22.2 Å². The van der Waals surface area contributed by atoms with Gasteiger partial charge in [-0.05, 0) is 36.8 Å². The zero-order valence-corrected chi connectivity index (χ0v) is 10.1. The summed E-state index contributed by atoms with van der Waals surface area (Å²) in [6, 6.07) is 7.97. The molecule has 0 amide bonds. The molecule has 1 aromatic carbocycles. The lowest BCUT2D eigenvalue weighted by atomic mass is 10.2. The first kappa shape index (κ1) is 12.4. The standard InChI is InChI=1S/C12H19NOS/c1-9(14)10(2)15-8-7-11-3-5-12(13)6-4-11/h3-6,9-10,14H,7-8,13H2,1-2H3. The van der Waals surface area contributed by atoms with Gasteiger partial charge in [-0.3, -0.25) is 0 Å². The third-order valence-corrected chi connectivity index (χ3v) is 3.79. The van der Waals surface area contributed by atoms with Crippen molar-refractivity contribution in [2.45, 2.75) is 31.6 Å². The second-order valence-corrected chi connectivity index (χ2v) is 5.29. The number of nitrogen functional groups attached to an aromatic ring is 1. The van der Waals surface area contributed by atoms with E-state index in [9.17, 15) is 5.11 Å². The van der Waals surface area contributed by atoms with Gasteiger partial charge >= 0.3 is 0 Å². The molecule has 0 bridgehead atoms. The van der Waals surface area contributed by atoms with Gasteiger partial charge < -0.3 is 10.8 Å². The Morgan fingerprint density at radius 3 is 2.40 bits per heavy atom. The highest BCUT2D eigenvalue weighted by Gasteiger charge is 2.08. The molecule has 1 rings (SSSR count). The molecule has 0 aliphatic rings. The van der Waals surface area contributed by atoms with Gasteiger partial charge in [0.1, 0.15) is 0 Å². The number of aryl methyl sites for hydroxylation is 1. The molecule has 0 spiro atoms. The number of thioether (sulfide) groups is 1. The number of benzene rings is 1. The molecular formula is C12H19NOS. The summed E-state index contributed by atoms with van der Waals surface area (Å²) in [5.74, 6) is 1.04. The van der Waals surface area contributed by atoms with E-state index in [1.165, 1.54) is 5.56 Å². The summed E-state index contributed by atoms with van der Waals surface area (Å²) in [6.45, 7) is 3.89. The average Bonchev–Trinajstić information content (AvgIpc) is 2.20. The lowest BCUT2D eigenvalue weighted by Gasteiger charge is -2.13. The first-order valence-electron chi connectivity index (χ1n) is 5.23. The highest BCUT2D eigenvalue weighted by atomic mass is 32.2. The Bertz CT molecular complexity index is 284. The SMILES string of the molecule is CC(O)C(C)SCCc1ccc(N)cc1. The number of anilines is 1. The van der Waals surface area contributed by atoms with Crippen LogP contribution < -0.4 is 5.73 Å². The molecule has 0 radical (unpaired) electrons. The lowest BCUT2D eigenvalue weighted by Crippen LogP contribution is -2.15. The minimum Gasteiger partial charge on any atom is -0.399 e. The van der Waals surface area contributed by atoms with Crippen molar-refractivity contribution in [2.24, 2.45) is 0 Å². The fourth-order valence-electron chi connectivity index (χ4n) is 1.19. The fraction of sp³-hybridized carbons (Fsp3) is 0.500. The second-order valence-electron chi connectivity index (χ2n) is 3.81. The molecule has 1 aromatic rings. The van der Waals surface area contributed by atoms with Crippen molar-refractivity contribution < 1.29 is 5.11 Å². The van der Waals surface area contributed by atoms with Gasteiger partial charge in [-0.1, -0.05) is 19.1 Å². The predicted octanol–water partition coefficient (Wildman–Crippen LogP) is 2.31. The van der Waals surface area contributed by atoms with E-state index in [1.54, 1.807) is 11.8 Å². The van der Waals surface area contributed by atoms with Gasteiger partial charge in [-0.15, -0.1) is 0 Å². The first-order chi connectivity index (χ1) is 7.09. The van der Waals surface area contributed by atoms with Crippen molar-refractivity contribution in [1.29, 1.82) is 0 Å². The maximum absolute atomic E-state index is 9.32. The molecule has 84 valence electrons. The van der Waals surface area contributed by atoms with Crippen LogP contribution in [0.25, 0.3) is 0 Å². The molecule has 2 unspecified atom stereocenters. The highest BCUT2D eigenvalue weighted by Crippen LogP contribution is 2.16. The van der Waals surface area contributed by atoms with E-state index >= 15 is 0 Å². The minimum absolute atomic E-state index is 0.235. The van der Waals surface area contributed by atoms with Crippen LogP contribution in [0.3, 0.4) is 0 Å². The maximum Gasteiger partial charge on any atom is 0.0627 e. The summed E-state index contributed by atoms with van der Waals surface area (Å²) in [6.07, 6.45) is 0.795. The van der Waals surface area contributed by atoms with Gasteiger partial charge in [0.05, 0.1) is 6.10 Å². The Labute approximate surface area is 95.9 Å². The maximum atomic E-state index is 9.32. The van der Waals surface area contributed by atoms with Crippen molar-refractivity contribution in [1.82, 2.24) is 0 Å². The van der Waals surface area contributed by atoms with Crippen LogP contribution in [0.5, 0.6) is 0 Å². The normalized spacial score (nSPS) is 14.9. The van der Waals surface area contributed by atoms with Crippen LogP contribution in [0, 0.1) is 0 Å². The molecule has 15 heavy (non-hydrogen) atoms. The molecular weight excluding hydrogens is 206 g/mol. The van der Waals surface area contributed by atoms with Gasteiger partial charge in [0.15, 0.2) is 0 Å². The lowest BCUT2D eigenvalue weighted by molar-refractivity contribution is 0.196. The molecule has 2 atom stereocenters. The Morgan fingerprint density at radius 2 is 1.87 bits per heavy atom. The van der Waals surface area contributed by atoms with Gasteiger partial charge in [0.25, 0.3) is 0 Å². The van der Waals surface area contributed by atoms with E-state index in [-0.39, 0.29) is 6.10 Å². The van der Waals surface area contributed by atoms with Crippen LogP contribution in [0.15, 0.2) is 24.3 Å². The highest BCUT2D eigenvalue weighted by molar-refractivity contribution is 7.99. The van der Waals surface area contributed by atoms with Gasteiger partial charge in [-0.25, -0.2) is 0 Å². The van der Waals surface area contributed by atoms with E-state index < -0.39 is 0 Å². The monoisotopic (exact) mass is 225 g/mol.